The third-order valence-electron chi connectivity index (χ3n) is 10.3. The molecule has 0 aliphatic heterocycles. The second-order valence-corrected chi connectivity index (χ2v) is 18.7. The number of anilines is 10. The van der Waals surface area contributed by atoms with Crippen molar-refractivity contribution in [3.63, 3.8) is 0 Å². The molecule has 4 aromatic carbocycles. The molecule has 0 radical (unpaired) electrons. The zero-order valence-electron chi connectivity index (χ0n) is 45.3. The minimum Gasteiger partial charge on any atom is -0.744 e. The summed E-state index contributed by atoms with van der Waals surface area (Å²) in [5, 5.41) is 61.7. The summed E-state index contributed by atoms with van der Waals surface area (Å²) in [5.74, 6) is -9.20. The molecule has 2 unspecified atom stereocenters. The zero-order chi connectivity index (χ0) is 55.5. The van der Waals surface area contributed by atoms with Gasteiger partial charge in [0.25, 0.3) is 0 Å². The molecule has 6 rings (SSSR count). The Kier molecular flexibility index (Phi) is 34.3. The van der Waals surface area contributed by atoms with Gasteiger partial charge in [0.05, 0.1) is 33.8 Å². The van der Waals surface area contributed by atoms with Crippen LogP contribution in [-0.4, -0.2) is 103 Å². The summed E-state index contributed by atoms with van der Waals surface area (Å²) in [6.07, 6.45) is -0.403. The zero-order valence-corrected chi connectivity index (χ0v) is 58.9. The SMILES string of the molecule is CC(=O)c1ccc(Nc2nc(Nc3ccc(/C=C/c4ccc(Nc5nc(Nc6ccc(C(C)=O)cc6)nc(NC(CCC(=O)[O-])C(=O)[O-])n5)cc4S(=O)(=O)[O-])c(S(=O)(=O)[O-])c3)nc(NC(CCC(=O)[O-])C(=O)[O-])n2)cc1.[Na+].[Na+].[Na+].[Na+].[Na+].[Na+]. The van der Waals surface area contributed by atoms with E-state index >= 15 is 0 Å². The quantitative estimate of drug-likeness (QED) is 0.0127. The van der Waals surface area contributed by atoms with Crippen molar-refractivity contribution >= 4 is 126 Å². The van der Waals surface area contributed by atoms with Crippen molar-refractivity contribution in [1.29, 1.82) is 0 Å². The Morgan fingerprint density at radius 2 is 0.707 bits per heavy atom. The van der Waals surface area contributed by atoms with Crippen LogP contribution in [0.15, 0.2) is 94.7 Å². The van der Waals surface area contributed by atoms with E-state index < -0.39 is 104 Å². The minimum atomic E-state index is -5.36. The van der Waals surface area contributed by atoms with E-state index in [0.29, 0.717) is 22.5 Å². The first-order chi connectivity index (χ1) is 35.8. The Morgan fingerprint density at radius 3 is 0.963 bits per heavy atom. The number of hydrogen-bond acceptors (Lipinski definition) is 28. The number of hydrogen-bond donors (Lipinski definition) is 6. The number of carbonyl (C=O) groups is 6. The molecule has 82 heavy (non-hydrogen) atoms. The van der Waals surface area contributed by atoms with Crippen molar-refractivity contribution in [2.24, 2.45) is 0 Å². The first-order valence-corrected chi connectivity index (χ1v) is 24.7. The second-order valence-electron chi connectivity index (χ2n) is 16.0. The molecule has 396 valence electrons. The summed E-state index contributed by atoms with van der Waals surface area (Å²) in [6, 6.07) is 15.0. The van der Waals surface area contributed by atoms with E-state index in [0.717, 1.165) is 36.4 Å². The van der Waals surface area contributed by atoms with Gasteiger partial charge in [0.15, 0.2) is 11.6 Å². The van der Waals surface area contributed by atoms with E-state index in [2.05, 4.69) is 61.8 Å². The molecule has 0 aliphatic rings. The molecule has 6 aromatic rings. The van der Waals surface area contributed by atoms with E-state index in [1.54, 1.807) is 0 Å². The van der Waals surface area contributed by atoms with Crippen LogP contribution >= 0.6 is 0 Å². The first-order valence-electron chi connectivity index (χ1n) is 21.8. The van der Waals surface area contributed by atoms with Gasteiger partial charge >= 0.3 is 177 Å². The fourth-order valence-electron chi connectivity index (χ4n) is 6.64. The Morgan fingerprint density at radius 1 is 0.439 bits per heavy atom. The summed E-state index contributed by atoms with van der Waals surface area (Å²) < 4.78 is 76.0. The van der Waals surface area contributed by atoms with Crippen LogP contribution < -0.4 is 230 Å². The number of aromatic nitrogens is 6. The maximum Gasteiger partial charge on any atom is 1.00 e. The number of nitrogens with zero attached hydrogens (tertiary/aromatic N) is 6. The largest absolute Gasteiger partial charge is 1.00 e. The van der Waals surface area contributed by atoms with Crippen molar-refractivity contribution in [2.75, 3.05) is 31.9 Å². The van der Waals surface area contributed by atoms with Gasteiger partial charge in [-0.15, -0.1) is 0 Å². The van der Waals surface area contributed by atoms with E-state index in [4.69, 9.17) is 0 Å². The molecule has 0 amide bonds. The number of Topliss-reactive ketones (excluding diaryl/α,β-unsaturated/α-hetero) is 2. The van der Waals surface area contributed by atoms with Crippen LogP contribution in [-0.2, 0) is 39.4 Å². The summed E-state index contributed by atoms with van der Waals surface area (Å²) in [7, 11) is -10.7. The molecule has 0 spiro atoms. The number of aliphatic carboxylic acids is 4. The third kappa shape index (κ3) is 24.5. The van der Waals surface area contributed by atoms with Gasteiger partial charge in [-0.3, -0.25) is 9.59 Å². The number of carboxylic acid groups (broad SMARTS) is 4. The molecule has 2 atom stereocenters. The van der Waals surface area contributed by atoms with Gasteiger partial charge < -0.3 is 80.6 Å². The van der Waals surface area contributed by atoms with Gasteiger partial charge in [-0.2, -0.15) is 29.9 Å². The predicted octanol–water partition coefficient (Wildman–Crippen LogP) is -18.4. The normalized spacial score (nSPS) is 11.3. The van der Waals surface area contributed by atoms with Gasteiger partial charge in [-0.05, 0) is 123 Å². The maximum absolute atomic E-state index is 12.7. The molecular formula is C46H38N12Na6O16S2. The molecule has 2 heterocycles. The van der Waals surface area contributed by atoms with Crippen molar-refractivity contribution in [2.45, 2.75) is 61.4 Å². The van der Waals surface area contributed by atoms with Crippen molar-refractivity contribution in [3.05, 3.63) is 107 Å². The molecule has 28 nitrogen and oxygen atoms in total. The molecular weight excluding hydrogens is 1180 g/mol. The van der Waals surface area contributed by atoms with Crippen LogP contribution in [0, 0.1) is 0 Å². The molecule has 0 bridgehead atoms. The van der Waals surface area contributed by atoms with Crippen LogP contribution in [0.25, 0.3) is 12.2 Å². The number of benzene rings is 4. The molecule has 2 aromatic heterocycles. The molecule has 0 saturated carbocycles. The molecule has 0 aliphatic carbocycles. The van der Waals surface area contributed by atoms with Gasteiger partial charge in [-0.25, -0.2) is 16.8 Å². The molecule has 36 heteroatoms. The molecule has 0 saturated heterocycles. The Labute approximate surface area is 600 Å². The van der Waals surface area contributed by atoms with E-state index in [1.165, 1.54) is 74.5 Å². The van der Waals surface area contributed by atoms with Crippen molar-refractivity contribution in [3.8, 4) is 0 Å². The standard InChI is InChI=1S/C46H44N12O16S2.6Na/c1-23(59)25-5-11-29(12-6-25)47-41-53-43(57-45(55-41)51-33(39(65)66)17-19-37(61)62)49-31-15-9-27(35(21-31)75(69,70)71)3-4-28-10-16-32(22-36(28)76(72,73)74)50-44-54-42(48-30-13-7-26(8-14-30)24(2)60)56-46(58-44)52-34(40(67)68)18-20-38(63)64;;;;;;/h3-16,21-22,33-34H,17-20H2,1-2H3,(H,61,62)(H,63,64)(H,65,66)(H,67,68)(H,69,70,71)(H,72,73,74)(H3,47,49,51,53,55,57)(H3,48,50,52,54,56,58);;;;;;/q;6*+1/p-6/b4-3+;;;;;;. The monoisotopic (exact) mass is 1220 g/mol. The first kappa shape index (κ1) is 78.5. The number of rotatable bonds is 26. The Balaban J connectivity index is 0.0000109. The van der Waals surface area contributed by atoms with Gasteiger partial charge in [-0.1, -0.05) is 24.3 Å². The summed E-state index contributed by atoms with van der Waals surface area (Å²) >= 11 is 0. The van der Waals surface area contributed by atoms with Crippen LogP contribution in [0.4, 0.5) is 58.4 Å². The third-order valence-corrected chi connectivity index (χ3v) is 12.1. The van der Waals surface area contributed by atoms with Crippen LogP contribution in [0.2, 0.25) is 0 Å². The van der Waals surface area contributed by atoms with Gasteiger partial charge in [0.1, 0.15) is 20.2 Å². The number of ketones is 2. The van der Waals surface area contributed by atoms with E-state index in [9.17, 15) is 75.1 Å². The smallest absolute Gasteiger partial charge is 0.744 e. The summed E-state index contributed by atoms with van der Waals surface area (Å²) in [5.41, 5.74) is 0.473. The van der Waals surface area contributed by atoms with E-state index in [1.807, 2.05) is 0 Å². The maximum atomic E-state index is 12.7. The molecule has 6 N–H and O–H groups in total. The van der Waals surface area contributed by atoms with Gasteiger partial charge in [0.2, 0.25) is 35.7 Å². The molecule has 0 fully saturated rings. The van der Waals surface area contributed by atoms with Crippen molar-refractivity contribution in [1.82, 2.24) is 29.9 Å². The fraction of sp³-hybridized carbons (Fsp3) is 0.174. The predicted molar refractivity (Wildman–Crippen MR) is 257 cm³/mol. The van der Waals surface area contributed by atoms with Crippen LogP contribution in [0.3, 0.4) is 0 Å². The van der Waals surface area contributed by atoms with Crippen LogP contribution in [0.5, 0.6) is 0 Å². The summed E-state index contributed by atoms with van der Waals surface area (Å²) in [4.78, 5) is 92.5. The average molecular weight is 1220 g/mol. The van der Waals surface area contributed by atoms with Crippen molar-refractivity contribution < 1.29 is 252 Å². The Hall–Kier alpha value is -3.52. The van der Waals surface area contributed by atoms with E-state index in [-0.39, 0.29) is 235 Å². The Bertz CT molecular complexity index is 3300. The fourth-order valence-corrected chi connectivity index (χ4v) is 8.04. The number of nitrogens with one attached hydrogen (secondary N) is 6. The minimum absolute atomic E-state index is 0. The number of carboxylic acids is 4. The summed E-state index contributed by atoms with van der Waals surface area (Å²) in [6.45, 7) is 2.70. The van der Waals surface area contributed by atoms with Crippen LogP contribution in [0.1, 0.15) is 71.4 Å². The topological polar surface area (TPSA) is 459 Å². The average Bonchev–Trinajstić information content (AvgIpc) is 3.33. The number of carbonyl (C=O) groups excluding carboxylic acids is 6. The van der Waals surface area contributed by atoms with Gasteiger partial charge in [0, 0.05) is 45.8 Å². The second kappa shape index (κ2) is 35.8.